The molecule has 0 heterocycles. The summed E-state index contributed by atoms with van der Waals surface area (Å²) in [6, 6.07) is 0. The molecule has 4 heteroatoms. The molecule has 0 aliphatic heterocycles. The van der Waals surface area contributed by atoms with Gasteiger partial charge in [0.05, 0.1) is 0 Å². The molecule has 1 N–H and O–H groups in total. The minimum Gasteiger partial charge on any atom is -0.481 e. The summed E-state index contributed by atoms with van der Waals surface area (Å²) in [5, 5.41) is 8.74. The highest BCUT2D eigenvalue weighted by Gasteiger charge is 2.14. The van der Waals surface area contributed by atoms with E-state index in [1.165, 1.54) is 116 Å². The normalized spacial score (nSPS) is 12.1. The average Bonchev–Trinajstić information content (AvgIpc) is 2.91. The van der Waals surface area contributed by atoms with Crippen molar-refractivity contribution < 1.29 is 19.4 Å². The lowest BCUT2D eigenvalue weighted by Crippen LogP contribution is -2.18. The topological polar surface area (TPSA) is 63.6 Å². The molecule has 39 heavy (non-hydrogen) atoms. The van der Waals surface area contributed by atoms with Crippen LogP contribution in [0.25, 0.3) is 0 Å². The van der Waals surface area contributed by atoms with Crippen molar-refractivity contribution in [1.29, 1.82) is 0 Å². The maximum Gasteiger partial charge on any atom is 0.306 e. The van der Waals surface area contributed by atoms with Crippen LogP contribution in [-0.2, 0) is 14.3 Å². The molecule has 1 unspecified atom stereocenters. The first-order valence-corrected chi connectivity index (χ1v) is 17.5. The number of hydrogen-bond acceptors (Lipinski definition) is 3. The summed E-state index contributed by atoms with van der Waals surface area (Å²) in [5.74, 6) is -0.702. The number of carboxylic acid groups (broad SMARTS) is 1. The third-order valence-electron chi connectivity index (χ3n) is 8.08. The van der Waals surface area contributed by atoms with Crippen molar-refractivity contribution in [3.8, 4) is 0 Å². The second-order valence-corrected chi connectivity index (χ2v) is 12.1. The molecule has 0 rings (SSSR count). The van der Waals surface area contributed by atoms with E-state index in [2.05, 4.69) is 13.8 Å². The van der Waals surface area contributed by atoms with Crippen LogP contribution >= 0.6 is 0 Å². The zero-order chi connectivity index (χ0) is 28.7. The second kappa shape index (κ2) is 31.5. The van der Waals surface area contributed by atoms with Crippen LogP contribution < -0.4 is 0 Å². The molecule has 4 nitrogen and oxygen atoms in total. The fourth-order valence-corrected chi connectivity index (χ4v) is 5.48. The minimum atomic E-state index is -0.700. The average molecular weight is 553 g/mol. The number of ether oxygens (including phenoxy) is 1. The van der Waals surface area contributed by atoms with Crippen LogP contribution in [-0.4, -0.2) is 23.1 Å². The van der Waals surface area contributed by atoms with E-state index in [0.717, 1.165) is 64.2 Å². The fourth-order valence-electron chi connectivity index (χ4n) is 5.48. The van der Waals surface area contributed by atoms with E-state index in [9.17, 15) is 9.59 Å². The van der Waals surface area contributed by atoms with Crippen LogP contribution in [0.2, 0.25) is 0 Å². The molecule has 0 bridgehead atoms. The summed E-state index contributed by atoms with van der Waals surface area (Å²) < 4.78 is 5.90. The molecule has 0 aromatic carbocycles. The fraction of sp³-hybridized carbons (Fsp3) is 0.943. The van der Waals surface area contributed by atoms with Crippen LogP contribution in [0.3, 0.4) is 0 Å². The number of esters is 1. The number of aliphatic carboxylic acids is 1. The van der Waals surface area contributed by atoms with E-state index < -0.39 is 5.97 Å². The summed E-state index contributed by atoms with van der Waals surface area (Å²) >= 11 is 0. The molecule has 0 amide bonds. The Morgan fingerprint density at radius 3 is 1.15 bits per heavy atom. The first-order chi connectivity index (χ1) is 19.1. The maximum absolute atomic E-state index is 12.5. The number of hydrogen-bond donors (Lipinski definition) is 1. The van der Waals surface area contributed by atoms with E-state index in [-0.39, 0.29) is 18.5 Å². The molecular weight excluding hydrogens is 484 g/mol. The molecule has 0 aromatic rings. The van der Waals surface area contributed by atoms with Gasteiger partial charge >= 0.3 is 11.9 Å². The van der Waals surface area contributed by atoms with E-state index >= 15 is 0 Å². The second-order valence-electron chi connectivity index (χ2n) is 12.1. The molecule has 0 saturated carbocycles. The predicted octanol–water partition coefficient (Wildman–Crippen LogP) is 11.7. The van der Waals surface area contributed by atoms with Crippen LogP contribution in [0, 0.1) is 0 Å². The number of unbranched alkanes of at least 4 members (excludes halogenated alkanes) is 23. The molecule has 0 aliphatic rings. The van der Waals surface area contributed by atoms with Gasteiger partial charge in [-0.2, -0.15) is 0 Å². The number of carbonyl (C=O) groups is 2. The Bertz CT molecular complexity index is 519. The van der Waals surface area contributed by atoms with Gasteiger partial charge in [0.1, 0.15) is 6.10 Å². The van der Waals surface area contributed by atoms with Crippen molar-refractivity contribution in [1.82, 2.24) is 0 Å². The Morgan fingerprint density at radius 2 is 0.769 bits per heavy atom. The summed E-state index contributed by atoms with van der Waals surface area (Å²) in [6.07, 6.45) is 35.6. The molecule has 1 atom stereocenters. The number of carboxylic acids is 1. The Morgan fingerprint density at radius 1 is 0.462 bits per heavy atom. The van der Waals surface area contributed by atoms with Gasteiger partial charge in [0.2, 0.25) is 0 Å². The molecular formula is C35H68O4. The Kier molecular flexibility index (Phi) is 30.6. The van der Waals surface area contributed by atoms with Gasteiger partial charge in [0.15, 0.2) is 0 Å². The minimum absolute atomic E-state index is 0.00194. The van der Waals surface area contributed by atoms with Crippen molar-refractivity contribution in [2.45, 2.75) is 213 Å². The van der Waals surface area contributed by atoms with Gasteiger partial charge in [-0.1, -0.05) is 155 Å². The molecule has 0 saturated heterocycles. The molecule has 0 radical (unpaired) electrons. The predicted molar refractivity (Wildman–Crippen MR) is 167 cm³/mol. The molecule has 0 fully saturated rings. The maximum atomic E-state index is 12.5. The highest BCUT2D eigenvalue weighted by atomic mass is 16.5. The summed E-state index contributed by atoms with van der Waals surface area (Å²) in [6.45, 7) is 4.51. The Labute approximate surface area is 243 Å². The third kappa shape index (κ3) is 31.3. The van der Waals surface area contributed by atoms with Crippen molar-refractivity contribution in [2.75, 3.05) is 0 Å². The Hall–Kier alpha value is -1.06. The SMILES string of the molecule is CCCCCCCCCCCCCCCCCCCC(=O)OC(CCCCCC)CCCCCCCC(=O)O. The van der Waals surface area contributed by atoms with Crippen molar-refractivity contribution in [3.63, 3.8) is 0 Å². The van der Waals surface area contributed by atoms with E-state index in [1.54, 1.807) is 0 Å². The lowest BCUT2D eigenvalue weighted by atomic mass is 10.0. The lowest BCUT2D eigenvalue weighted by Gasteiger charge is -2.18. The van der Waals surface area contributed by atoms with Gasteiger partial charge in [0, 0.05) is 12.8 Å². The van der Waals surface area contributed by atoms with Crippen LogP contribution in [0.1, 0.15) is 206 Å². The molecule has 232 valence electrons. The van der Waals surface area contributed by atoms with Gasteiger partial charge in [-0.15, -0.1) is 0 Å². The van der Waals surface area contributed by atoms with Gasteiger partial charge in [-0.25, -0.2) is 0 Å². The van der Waals surface area contributed by atoms with Gasteiger partial charge in [-0.3, -0.25) is 9.59 Å². The monoisotopic (exact) mass is 553 g/mol. The van der Waals surface area contributed by atoms with Crippen LogP contribution in [0.5, 0.6) is 0 Å². The first kappa shape index (κ1) is 37.9. The van der Waals surface area contributed by atoms with Gasteiger partial charge < -0.3 is 9.84 Å². The zero-order valence-electron chi connectivity index (χ0n) is 26.5. The van der Waals surface area contributed by atoms with Crippen LogP contribution in [0.15, 0.2) is 0 Å². The molecule has 0 aromatic heterocycles. The highest BCUT2D eigenvalue weighted by molar-refractivity contribution is 5.69. The van der Waals surface area contributed by atoms with Gasteiger partial charge in [-0.05, 0) is 38.5 Å². The quantitative estimate of drug-likeness (QED) is 0.0665. The zero-order valence-corrected chi connectivity index (χ0v) is 26.5. The van der Waals surface area contributed by atoms with E-state index in [1.807, 2.05) is 0 Å². The molecule has 0 spiro atoms. The largest absolute Gasteiger partial charge is 0.481 e. The van der Waals surface area contributed by atoms with Crippen LogP contribution in [0.4, 0.5) is 0 Å². The lowest BCUT2D eigenvalue weighted by molar-refractivity contribution is -0.150. The summed E-state index contributed by atoms with van der Waals surface area (Å²) in [4.78, 5) is 23.1. The molecule has 0 aliphatic carbocycles. The van der Waals surface area contributed by atoms with Crippen molar-refractivity contribution in [2.24, 2.45) is 0 Å². The Balaban J connectivity index is 3.70. The van der Waals surface area contributed by atoms with E-state index in [4.69, 9.17) is 9.84 Å². The van der Waals surface area contributed by atoms with E-state index in [0.29, 0.717) is 6.42 Å². The number of rotatable bonds is 32. The smallest absolute Gasteiger partial charge is 0.306 e. The first-order valence-electron chi connectivity index (χ1n) is 17.5. The van der Waals surface area contributed by atoms with Crippen molar-refractivity contribution in [3.05, 3.63) is 0 Å². The van der Waals surface area contributed by atoms with Crippen molar-refractivity contribution >= 4 is 11.9 Å². The highest BCUT2D eigenvalue weighted by Crippen LogP contribution is 2.18. The number of carbonyl (C=O) groups excluding carboxylic acids is 1. The summed E-state index contributed by atoms with van der Waals surface area (Å²) in [7, 11) is 0. The van der Waals surface area contributed by atoms with Gasteiger partial charge in [0.25, 0.3) is 0 Å². The third-order valence-corrected chi connectivity index (χ3v) is 8.08. The summed E-state index contributed by atoms with van der Waals surface area (Å²) in [5.41, 5.74) is 0. The standard InChI is InChI=1S/C35H68O4/c1-3-5-7-9-10-11-12-13-14-15-16-17-18-19-20-24-28-32-35(38)39-33(29-25-8-6-4-2)30-26-22-21-23-27-31-34(36)37/h33H,3-32H2,1-2H3,(H,36,37).